The van der Waals surface area contributed by atoms with Crippen LogP contribution in [0.5, 0.6) is 0 Å². The molecule has 0 aliphatic carbocycles. The minimum Gasteiger partial charge on any atom is -0.319 e. The molecule has 0 spiro atoms. The van der Waals surface area contributed by atoms with Gasteiger partial charge in [0, 0.05) is 18.0 Å². The molecule has 0 fully saturated rings. The minimum atomic E-state index is -0.743. The summed E-state index contributed by atoms with van der Waals surface area (Å²) in [5.41, 5.74) is -0.539. The van der Waals surface area contributed by atoms with E-state index in [0.717, 1.165) is 17.0 Å². The van der Waals surface area contributed by atoms with Crippen LogP contribution in [-0.2, 0) is 11.3 Å². The lowest BCUT2D eigenvalue weighted by atomic mass is 10.2. The molecule has 1 aromatic heterocycles. The number of hydrogen-bond acceptors (Lipinski definition) is 5. The molecule has 0 radical (unpaired) electrons. The van der Waals surface area contributed by atoms with Crippen molar-refractivity contribution in [3.05, 3.63) is 68.1 Å². The Kier molecular flexibility index (Phi) is 6.63. The van der Waals surface area contributed by atoms with Crippen LogP contribution in [0.2, 0.25) is 4.34 Å². The molecule has 0 atom stereocenters. The van der Waals surface area contributed by atoms with Gasteiger partial charge in [0.05, 0.1) is 21.9 Å². The molecule has 1 heterocycles. The molecule has 1 aromatic carbocycles. The van der Waals surface area contributed by atoms with Crippen LogP contribution in [0.3, 0.4) is 0 Å². The maximum Gasteiger partial charge on any atom is 0.295 e. The number of benzene rings is 1. The molecule has 0 bridgehead atoms. The molecule has 2 aromatic rings. The number of nitro groups is 1. The van der Waals surface area contributed by atoms with Crippen molar-refractivity contribution in [1.29, 1.82) is 0 Å². The van der Waals surface area contributed by atoms with Gasteiger partial charge >= 0.3 is 0 Å². The summed E-state index contributed by atoms with van der Waals surface area (Å²) in [6, 6.07) is 6.63. The summed E-state index contributed by atoms with van der Waals surface area (Å²) < 4.78 is 13.8. The molecule has 2 rings (SSSR count). The van der Waals surface area contributed by atoms with Gasteiger partial charge in [-0.1, -0.05) is 17.7 Å². The van der Waals surface area contributed by atoms with E-state index in [2.05, 4.69) is 11.9 Å². The van der Waals surface area contributed by atoms with Crippen LogP contribution in [-0.4, -0.2) is 28.8 Å². The Bertz CT molecular complexity index is 797. The average Bonchev–Trinajstić information content (AvgIpc) is 2.94. The highest BCUT2D eigenvalue weighted by Gasteiger charge is 2.18. The van der Waals surface area contributed by atoms with Gasteiger partial charge in [0.15, 0.2) is 0 Å². The van der Waals surface area contributed by atoms with Crippen molar-refractivity contribution in [3.8, 4) is 0 Å². The second-order valence-corrected chi connectivity index (χ2v) is 6.93. The van der Waals surface area contributed by atoms with Crippen molar-refractivity contribution >= 4 is 40.2 Å². The highest BCUT2D eigenvalue weighted by molar-refractivity contribution is 7.16. The lowest BCUT2D eigenvalue weighted by Crippen LogP contribution is -2.33. The van der Waals surface area contributed by atoms with E-state index in [9.17, 15) is 19.3 Å². The predicted molar refractivity (Wildman–Crippen MR) is 96.5 cm³/mol. The summed E-state index contributed by atoms with van der Waals surface area (Å²) >= 11 is 7.31. The van der Waals surface area contributed by atoms with Gasteiger partial charge in [-0.05, 0) is 24.3 Å². The third-order valence-electron chi connectivity index (χ3n) is 3.19. The Labute approximate surface area is 152 Å². The van der Waals surface area contributed by atoms with E-state index in [0.29, 0.717) is 17.4 Å². The summed E-state index contributed by atoms with van der Waals surface area (Å²) in [5.74, 6) is -1.19. The van der Waals surface area contributed by atoms with E-state index >= 15 is 0 Å². The zero-order chi connectivity index (χ0) is 18.4. The van der Waals surface area contributed by atoms with Crippen molar-refractivity contribution < 1.29 is 14.1 Å². The van der Waals surface area contributed by atoms with Gasteiger partial charge in [0.1, 0.15) is 11.5 Å². The third-order valence-corrected chi connectivity index (χ3v) is 4.41. The molecule has 0 saturated carbocycles. The number of hydrogen-bond donors (Lipinski definition) is 1. The largest absolute Gasteiger partial charge is 0.319 e. The number of amides is 1. The zero-order valence-electron chi connectivity index (χ0n) is 13.1. The second kappa shape index (κ2) is 8.70. The number of anilines is 1. The van der Waals surface area contributed by atoms with Gasteiger partial charge in [-0.3, -0.25) is 19.8 Å². The predicted octanol–water partition coefficient (Wildman–Crippen LogP) is 4.08. The number of thiophene rings is 1. The Morgan fingerprint density at radius 2 is 2.20 bits per heavy atom. The van der Waals surface area contributed by atoms with Crippen molar-refractivity contribution in [2.24, 2.45) is 0 Å². The smallest absolute Gasteiger partial charge is 0.295 e. The molecular formula is C16H15ClFN3O3S. The zero-order valence-corrected chi connectivity index (χ0v) is 14.6. The fraction of sp³-hybridized carbons (Fsp3) is 0.188. The maximum atomic E-state index is 13.2. The Balaban J connectivity index is 2.06. The highest BCUT2D eigenvalue weighted by atomic mass is 35.5. The van der Waals surface area contributed by atoms with Crippen LogP contribution in [0.1, 0.15) is 4.88 Å². The molecule has 25 heavy (non-hydrogen) atoms. The quantitative estimate of drug-likeness (QED) is 0.423. The van der Waals surface area contributed by atoms with E-state index in [4.69, 9.17) is 11.6 Å². The topological polar surface area (TPSA) is 75.5 Å². The van der Waals surface area contributed by atoms with Gasteiger partial charge < -0.3 is 5.32 Å². The molecule has 132 valence electrons. The van der Waals surface area contributed by atoms with Crippen LogP contribution >= 0.6 is 22.9 Å². The van der Waals surface area contributed by atoms with Gasteiger partial charge in [0.25, 0.3) is 5.69 Å². The summed E-state index contributed by atoms with van der Waals surface area (Å²) in [7, 11) is 0. The first-order chi connectivity index (χ1) is 11.9. The van der Waals surface area contributed by atoms with Gasteiger partial charge in [-0.15, -0.1) is 17.9 Å². The Morgan fingerprint density at radius 3 is 2.80 bits per heavy atom. The van der Waals surface area contributed by atoms with Gasteiger partial charge in [-0.2, -0.15) is 0 Å². The van der Waals surface area contributed by atoms with Crippen LogP contribution in [0, 0.1) is 15.9 Å². The normalized spacial score (nSPS) is 10.7. The average molecular weight is 384 g/mol. The Morgan fingerprint density at radius 1 is 1.44 bits per heavy atom. The Hall–Kier alpha value is -2.29. The van der Waals surface area contributed by atoms with E-state index < -0.39 is 22.3 Å². The van der Waals surface area contributed by atoms with Crippen LogP contribution in [0.15, 0.2) is 43.0 Å². The number of carbonyl (C=O) groups excluding carboxylic acids is 1. The van der Waals surface area contributed by atoms with Crippen molar-refractivity contribution in [2.45, 2.75) is 6.54 Å². The first-order valence-corrected chi connectivity index (χ1v) is 8.39. The maximum absolute atomic E-state index is 13.2. The molecule has 1 N–H and O–H groups in total. The second-order valence-electron chi connectivity index (χ2n) is 5.13. The molecular weight excluding hydrogens is 369 g/mol. The molecule has 0 aliphatic rings. The summed E-state index contributed by atoms with van der Waals surface area (Å²) in [4.78, 5) is 25.2. The summed E-state index contributed by atoms with van der Waals surface area (Å²) in [6.07, 6.45) is 1.66. The number of nitrogens with one attached hydrogen (secondary N) is 1. The molecule has 0 unspecified atom stereocenters. The third kappa shape index (κ3) is 5.63. The van der Waals surface area contributed by atoms with Crippen molar-refractivity contribution in [1.82, 2.24) is 4.90 Å². The minimum absolute atomic E-state index is 0.00390. The van der Waals surface area contributed by atoms with E-state index in [1.54, 1.807) is 17.0 Å². The number of rotatable bonds is 8. The van der Waals surface area contributed by atoms with E-state index in [1.807, 2.05) is 6.07 Å². The molecule has 1 amide bonds. The highest BCUT2D eigenvalue weighted by Crippen LogP contribution is 2.25. The standard InChI is InChI=1S/C16H15ClFN3O3S/c1-2-7-20(9-12-4-6-15(17)25-12)10-16(22)19-13-5-3-11(18)8-14(13)21(23)24/h2-6,8H,1,7,9-10H2,(H,19,22). The molecule has 0 aliphatic heterocycles. The summed E-state index contributed by atoms with van der Waals surface area (Å²) in [6.45, 7) is 4.60. The fourth-order valence-corrected chi connectivity index (χ4v) is 3.31. The monoisotopic (exact) mass is 383 g/mol. The number of nitrogens with zero attached hydrogens (tertiary/aromatic N) is 2. The molecule has 0 saturated heterocycles. The SMILES string of the molecule is C=CCN(CC(=O)Nc1ccc(F)cc1[N+](=O)[O-])Cc1ccc(Cl)s1. The first-order valence-electron chi connectivity index (χ1n) is 7.20. The van der Waals surface area contributed by atoms with E-state index in [-0.39, 0.29) is 12.2 Å². The van der Waals surface area contributed by atoms with Gasteiger partial charge in [0.2, 0.25) is 5.91 Å². The fourth-order valence-electron chi connectivity index (χ4n) is 2.18. The number of nitro benzene ring substituents is 1. The molecule has 9 heteroatoms. The molecule has 6 nitrogen and oxygen atoms in total. The van der Waals surface area contributed by atoms with Crippen molar-refractivity contribution in [2.75, 3.05) is 18.4 Å². The summed E-state index contributed by atoms with van der Waals surface area (Å²) in [5, 5.41) is 13.4. The van der Waals surface area contributed by atoms with Crippen LogP contribution in [0.4, 0.5) is 15.8 Å². The number of carbonyl (C=O) groups is 1. The lowest BCUT2D eigenvalue weighted by Gasteiger charge is -2.19. The lowest BCUT2D eigenvalue weighted by molar-refractivity contribution is -0.384. The number of halogens is 2. The van der Waals surface area contributed by atoms with Crippen molar-refractivity contribution in [3.63, 3.8) is 0 Å². The van der Waals surface area contributed by atoms with Gasteiger partial charge in [-0.25, -0.2) is 4.39 Å². The van der Waals surface area contributed by atoms with Crippen LogP contribution < -0.4 is 5.32 Å². The van der Waals surface area contributed by atoms with E-state index in [1.165, 1.54) is 17.4 Å². The first kappa shape index (κ1) is 19.0. The van der Waals surface area contributed by atoms with Crippen LogP contribution in [0.25, 0.3) is 0 Å².